The minimum atomic E-state index is -2.73. The highest BCUT2D eigenvalue weighted by atomic mass is 19.3. The van der Waals surface area contributed by atoms with Crippen LogP contribution in [0, 0.1) is 0 Å². The van der Waals surface area contributed by atoms with E-state index in [-0.39, 0.29) is 43.1 Å². The first-order valence-electron chi connectivity index (χ1n) is 7.60. The lowest BCUT2D eigenvalue weighted by molar-refractivity contribution is -0.0495. The molecule has 25 heavy (non-hydrogen) atoms. The lowest BCUT2D eigenvalue weighted by Crippen LogP contribution is -2.42. The number of carbonyl (C=O) groups is 1. The van der Waals surface area contributed by atoms with E-state index in [1.54, 1.807) is 18.3 Å². The van der Waals surface area contributed by atoms with Crippen LogP contribution >= 0.6 is 0 Å². The van der Waals surface area contributed by atoms with Crippen molar-refractivity contribution in [1.29, 1.82) is 0 Å². The molecule has 0 spiro atoms. The molecule has 0 bridgehead atoms. The lowest BCUT2D eigenvalue weighted by Gasteiger charge is -2.31. The highest BCUT2D eigenvalue weighted by Gasteiger charge is 2.36. The highest BCUT2D eigenvalue weighted by Crippen LogP contribution is 2.28. The van der Waals surface area contributed by atoms with E-state index in [9.17, 15) is 18.4 Å². The molecule has 0 saturated carbocycles. The van der Waals surface area contributed by atoms with Crippen LogP contribution in [-0.2, 0) is 0 Å². The minimum absolute atomic E-state index is 0.000434. The molecule has 1 fully saturated rings. The summed E-state index contributed by atoms with van der Waals surface area (Å²) in [6.07, 6.45) is 2.17. The van der Waals surface area contributed by atoms with E-state index in [1.165, 1.54) is 15.6 Å². The maximum atomic E-state index is 13.2. The monoisotopic (exact) mass is 349 g/mol. The van der Waals surface area contributed by atoms with Gasteiger partial charge in [-0.3, -0.25) is 14.6 Å². The van der Waals surface area contributed by atoms with E-state index in [4.69, 9.17) is 0 Å². The van der Waals surface area contributed by atoms with Gasteiger partial charge < -0.3 is 4.90 Å². The third-order valence-electron chi connectivity index (χ3n) is 4.10. The van der Waals surface area contributed by atoms with Crippen molar-refractivity contribution < 1.29 is 13.6 Å². The van der Waals surface area contributed by atoms with Crippen LogP contribution in [0.4, 0.5) is 8.78 Å². The summed E-state index contributed by atoms with van der Waals surface area (Å²) in [5, 5.41) is 11.7. The smallest absolute Gasteiger partial charge is 0.276 e. The molecule has 11 heteroatoms. The number of H-pyrrole nitrogens is 1. The number of amides is 1. The molecule has 1 aliphatic rings. The summed E-state index contributed by atoms with van der Waals surface area (Å²) in [6, 6.07) is 3.28. The predicted octanol–water partition coefficient (Wildman–Crippen LogP) is 0.475. The van der Waals surface area contributed by atoms with Gasteiger partial charge in [0.25, 0.3) is 23.3 Å². The Kier molecular flexibility index (Phi) is 3.37. The van der Waals surface area contributed by atoms with E-state index >= 15 is 0 Å². The summed E-state index contributed by atoms with van der Waals surface area (Å²) in [6.45, 7) is -0.0772. The van der Waals surface area contributed by atoms with Crippen LogP contribution in [0.15, 0.2) is 29.3 Å². The zero-order valence-electron chi connectivity index (χ0n) is 12.9. The van der Waals surface area contributed by atoms with Crippen LogP contribution in [0.1, 0.15) is 23.3 Å². The van der Waals surface area contributed by atoms with Crippen molar-refractivity contribution in [3.05, 3.63) is 40.6 Å². The molecule has 4 heterocycles. The lowest BCUT2D eigenvalue weighted by atomic mass is 10.1. The number of piperidine rings is 1. The van der Waals surface area contributed by atoms with Crippen LogP contribution in [-0.4, -0.2) is 59.4 Å². The fraction of sp³-hybridized carbons (Fsp3) is 0.357. The molecule has 130 valence electrons. The van der Waals surface area contributed by atoms with Crippen LogP contribution in [0.25, 0.3) is 11.5 Å². The van der Waals surface area contributed by atoms with Gasteiger partial charge in [0.2, 0.25) is 0 Å². The highest BCUT2D eigenvalue weighted by molar-refractivity contribution is 5.92. The Morgan fingerprint density at radius 2 is 2.04 bits per heavy atom. The Labute approximate surface area is 138 Å². The molecule has 0 atom stereocenters. The molecule has 1 saturated heterocycles. The zero-order chi connectivity index (χ0) is 17.6. The van der Waals surface area contributed by atoms with Gasteiger partial charge in [-0.15, -0.1) is 10.2 Å². The molecule has 0 radical (unpaired) electrons. The average Bonchev–Trinajstić information content (AvgIpc) is 3.23. The molecule has 0 unspecified atom stereocenters. The number of halogens is 2. The molecule has 1 amide bonds. The zero-order valence-corrected chi connectivity index (χ0v) is 12.9. The van der Waals surface area contributed by atoms with E-state index in [1.807, 2.05) is 0 Å². The summed E-state index contributed by atoms with van der Waals surface area (Å²) in [5.74, 6) is -3.12. The fourth-order valence-electron chi connectivity index (χ4n) is 2.70. The topological polar surface area (TPSA) is 101 Å². The summed E-state index contributed by atoms with van der Waals surface area (Å²) in [4.78, 5) is 28.2. The van der Waals surface area contributed by atoms with Crippen LogP contribution < -0.4 is 5.56 Å². The number of hydrogen-bond acceptors (Lipinski definition) is 5. The molecule has 3 aromatic heterocycles. The summed E-state index contributed by atoms with van der Waals surface area (Å²) < 4.78 is 28.9. The minimum Gasteiger partial charge on any atom is -0.337 e. The van der Waals surface area contributed by atoms with Gasteiger partial charge >= 0.3 is 0 Å². The maximum Gasteiger partial charge on any atom is 0.276 e. The molecule has 3 aromatic rings. The second-order valence-corrected chi connectivity index (χ2v) is 5.81. The van der Waals surface area contributed by atoms with Gasteiger partial charge in [0, 0.05) is 32.1 Å². The van der Waals surface area contributed by atoms with Crippen LogP contribution in [0.5, 0.6) is 0 Å². The van der Waals surface area contributed by atoms with Crippen molar-refractivity contribution in [1.82, 2.24) is 34.5 Å². The molecule has 9 nitrogen and oxygen atoms in total. The maximum absolute atomic E-state index is 13.2. The largest absolute Gasteiger partial charge is 0.337 e. The van der Waals surface area contributed by atoms with Gasteiger partial charge in [-0.1, -0.05) is 5.21 Å². The average molecular weight is 349 g/mol. The van der Waals surface area contributed by atoms with Crippen LogP contribution in [0.3, 0.4) is 0 Å². The van der Waals surface area contributed by atoms with Crippen molar-refractivity contribution in [3.63, 3.8) is 0 Å². The van der Waals surface area contributed by atoms with Crippen LogP contribution in [0.2, 0.25) is 0 Å². The predicted molar refractivity (Wildman–Crippen MR) is 80.8 cm³/mol. The first-order chi connectivity index (χ1) is 11.9. The number of aromatic nitrogens is 6. The molecule has 0 aromatic carbocycles. The van der Waals surface area contributed by atoms with Crippen molar-refractivity contribution in [2.24, 2.45) is 0 Å². The third kappa shape index (κ3) is 2.77. The molecule has 1 aliphatic heterocycles. The number of likely N-dealkylation sites (tertiary alicyclic amines) is 1. The number of nitrogens with one attached hydrogen (secondary N) is 1. The number of rotatable bonds is 2. The van der Waals surface area contributed by atoms with Gasteiger partial charge in [-0.2, -0.15) is 4.68 Å². The summed E-state index contributed by atoms with van der Waals surface area (Å²) >= 11 is 0. The van der Waals surface area contributed by atoms with Crippen molar-refractivity contribution >= 4 is 11.4 Å². The molecular weight excluding hydrogens is 336 g/mol. The van der Waals surface area contributed by atoms with Gasteiger partial charge in [0.05, 0.1) is 6.20 Å². The van der Waals surface area contributed by atoms with E-state index in [2.05, 4.69) is 20.4 Å². The van der Waals surface area contributed by atoms with E-state index < -0.39 is 11.8 Å². The fourth-order valence-corrected chi connectivity index (χ4v) is 2.70. The Hall–Kier alpha value is -3.11. The second-order valence-electron chi connectivity index (χ2n) is 5.81. The summed E-state index contributed by atoms with van der Waals surface area (Å²) in [7, 11) is 0. The number of carbonyl (C=O) groups excluding carboxylic acids is 1. The Bertz CT molecular complexity index is 996. The standard InChI is InChI=1S/C14H13F2N7O2/c15-14(16)3-6-21(7-4-14)12(25)9-8-23(20-18-9)13-17-11(24)10-2-1-5-22(10)19-13/h1-2,5,8H,3-4,6-7H2,(H,17,19,24). The molecule has 4 rings (SSSR count). The molecule has 0 aliphatic carbocycles. The first kappa shape index (κ1) is 15.4. The Morgan fingerprint density at radius 3 is 2.80 bits per heavy atom. The summed E-state index contributed by atoms with van der Waals surface area (Å²) in [5.41, 5.74) is 0.00603. The van der Waals surface area contributed by atoms with Crippen molar-refractivity contribution in [2.45, 2.75) is 18.8 Å². The molecule has 1 N–H and O–H groups in total. The van der Waals surface area contributed by atoms with Gasteiger partial charge in [0.15, 0.2) is 5.69 Å². The number of hydrogen-bond donors (Lipinski definition) is 1. The van der Waals surface area contributed by atoms with Crippen molar-refractivity contribution in [2.75, 3.05) is 13.1 Å². The SMILES string of the molecule is O=C(c1cn(-c2nn3cccc3c(=O)[nH]2)nn1)N1CCC(F)(F)CC1. The van der Waals surface area contributed by atoms with E-state index in [0.717, 1.165) is 4.68 Å². The first-order valence-corrected chi connectivity index (χ1v) is 7.60. The van der Waals surface area contributed by atoms with Gasteiger partial charge in [0.1, 0.15) is 5.52 Å². The third-order valence-corrected chi connectivity index (χ3v) is 4.10. The van der Waals surface area contributed by atoms with Crippen molar-refractivity contribution in [3.8, 4) is 5.95 Å². The van der Waals surface area contributed by atoms with Gasteiger partial charge in [-0.25, -0.2) is 13.3 Å². The number of alkyl halides is 2. The number of nitrogens with zero attached hydrogens (tertiary/aromatic N) is 6. The van der Waals surface area contributed by atoms with E-state index in [0.29, 0.717) is 5.52 Å². The number of fused-ring (bicyclic) bond motifs is 1. The number of aromatic amines is 1. The Morgan fingerprint density at radius 1 is 1.28 bits per heavy atom. The normalized spacial score (nSPS) is 17.1. The molecular formula is C14H13F2N7O2. The van der Waals surface area contributed by atoms with Gasteiger partial charge in [-0.05, 0) is 12.1 Å². The Balaban J connectivity index is 1.59. The quantitative estimate of drug-likeness (QED) is 0.725. The second kappa shape index (κ2) is 5.46.